The topological polar surface area (TPSA) is 62.3 Å². The molecule has 1 saturated heterocycles. The van der Waals surface area contributed by atoms with E-state index in [9.17, 15) is 9.59 Å². The molecule has 2 aromatic rings. The number of hydrogen-bond donors (Lipinski definition) is 0. The lowest BCUT2D eigenvalue weighted by Crippen LogP contribution is -2.47. The van der Waals surface area contributed by atoms with Gasteiger partial charge in [0.15, 0.2) is 0 Å². The van der Waals surface area contributed by atoms with Crippen molar-refractivity contribution in [1.82, 2.24) is 9.80 Å². The Morgan fingerprint density at radius 2 is 1.61 bits per heavy atom. The van der Waals surface area contributed by atoms with Crippen LogP contribution in [0.4, 0.5) is 5.69 Å². The molecule has 0 saturated carbocycles. The number of imide groups is 1. The van der Waals surface area contributed by atoms with E-state index in [1.807, 2.05) is 32.0 Å². The summed E-state index contributed by atoms with van der Waals surface area (Å²) in [6, 6.07) is 11.1. The number of carbonyl (C=O) groups is 2. The monoisotopic (exact) mass is 449 g/mol. The molecule has 2 aliphatic heterocycles. The van der Waals surface area contributed by atoms with Crippen LogP contribution < -0.4 is 14.4 Å². The highest BCUT2D eigenvalue weighted by atomic mass is 16.5. The van der Waals surface area contributed by atoms with Crippen LogP contribution in [0.1, 0.15) is 23.6 Å². The van der Waals surface area contributed by atoms with Gasteiger partial charge in [0.1, 0.15) is 17.2 Å². The van der Waals surface area contributed by atoms with Gasteiger partial charge in [-0.15, -0.1) is 0 Å². The lowest BCUT2D eigenvalue weighted by atomic mass is 9.97. The molecule has 7 nitrogen and oxygen atoms in total. The highest BCUT2D eigenvalue weighted by Gasteiger charge is 2.44. The molecule has 2 aliphatic rings. The van der Waals surface area contributed by atoms with Crippen LogP contribution in [0.2, 0.25) is 0 Å². The number of hydrogen-bond acceptors (Lipinski definition) is 6. The van der Waals surface area contributed by atoms with Gasteiger partial charge in [-0.2, -0.15) is 0 Å². The summed E-state index contributed by atoms with van der Waals surface area (Å²) in [5.41, 5.74) is 4.22. The SMILES string of the molecule is CCN1CCN(C2=C(c3ccc(C)cc3C)C(=O)N(c3ccc(OC)cc3OC)C2=O)CC1. The minimum Gasteiger partial charge on any atom is -0.497 e. The number of amides is 2. The molecular weight excluding hydrogens is 418 g/mol. The Balaban J connectivity index is 1.83. The molecule has 0 spiro atoms. The zero-order valence-electron chi connectivity index (χ0n) is 20.0. The highest BCUT2D eigenvalue weighted by Crippen LogP contribution is 2.41. The molecule has 7 heteroatoms. The maximum absolute atomic E-state index is 13.9. The molecule has 174 valence electrons. The Kier molecular flexibility index (Phi) is 6.42. The Morgan fingerprint density at radius 3 is 2.21 bits per heavy atom. The zero-order chi connectivity index (χ0) is 23.7. The van der Waals surface area contributed by atoms with E-state index in [0.29, 0.717) is 41.5 Å². The Hall–Kier alpha value is -3.32. The predicted octanol–water partition coefficient (Wildman–Crippen LogP) is 3.24. The molecule has 2 amide bonds. The van der Waals surface area contributed by atoms with Gasteiger partial charge in [0.2, 0.25) is 0 Å². The molecule has 0 unspecified atom stereocenters. The predicted molar refractivity (Wildman–Crippen MR) is 129 cm³/mol. The number of methoxy groups -OCH3 is 2. The molecule has 0 N–H and O–H groups in total. The van der Waals surface area contributed by atoms with Crippen LogP contribution in [0, 0.1) is 13.8 Å². The number of nitrogens with zero attached hydrogens (tertiary/aromatic N) is 3. The lowest BCUT2D eigenvalue weighted by molar-refractivity contribution is -0.120. The van der Waals surface area contributed by atoms with Crippen LogP contribution in [-0.2, 0) is 9.59 Å². The molecule has 0 aromatic heterocycles. The number of anilines is 1. The van der Waals surface area contributed by atoms with Crippen molar-refractivity contribution in [3.63, 3.8) is 0 Å². The second-order valence-corrected chi connectivity index (χ2v) is 8.45. The fraction of sp³-hybridized carbons (Fsp3) is 0.385. The van der Waals surface area contributed by atoms with Gasteiger partial charge in [-0.1, -0.05) is 30.7 Å². The standard InChI is InChI=1S/C26H31N3O4/c1-6-27-11-13-28(14-12-27)24-23(20-9-7-17(2)15-18(20)3)25(30)29(26(24)31)21-10-8-19(32-4)16-22(21)33-5/h7-10,15-16H,6,11-14H2,1-5H3. The molecular formula is C26H31N3O4. The van der Waals surface area contributed by atoms with E-state index < -0.39 is 0 Å². The van der Waals surface area contributed by atoms with Crippen molar-refractivity contribution in [2.24, 2.45) is 0 Å². The van der Waals surface area contributed by atoms with E-state index in [-0.39, 0.29) is 11.8 Å². The number of aryl methyl sites for hydroxylation is 2. The van der Waals surface area contributed by atoms with E-state index in [4.69, 9.17) is 9.47 Å². The third kappa shape index (κ3) is 4.09. The molecule has 0 radical (unpaired) electrons. The number of benzene rings is 2. The summed E-state index contributed by atoms with van der Waals surface area (Å²) < 4.78 is 10.8. The summed E-state index contributed by atoms with van der Waals surface area (Å²) in [4.78, 5) is 33.4. The Labute approximate surface area is 195 Å². The van der Waals surface area contributed by atoms with Gasteiger partial charge in [0.05, 0.1) is 25.5 Å². The van der Waals surface area contributed by atoms with E-state index in [1.165, 1.54) is 12.0 Å². The summed E-state index contributed by atoms with van der Waals surface area (Å²) in [6.45, 7) is 10.2. The van der Waals surface area contributed by atoms with Gasteiger partial charge in [0.25, 0.3) is 11.8 Å². The third-order valence-electron chi connectivity index (χ3n) is 6.47. The fourth-order valence-corrected chi connectivity index (χ4v) is 4.62. The van der Waals surface area contributed by atoms with Crippen molar-refractivity contribution in [3.05, 3.63) is 58.8 Å². The van der Waals surface area contributed by atoms with Crippen LogP contribution in [0.5, 0.6) is 11.5 Å². The largest absolute Gasteiger partial charge is 0.497 e. The summed E-state index contributed by atoms with van der Waals surface area (Å²) in [5, 5.41) is 0. The molecule has 0 bridgehead atoms. The molecule has 0 aliphatic carbocycles. The molecule has 2 heterocycles. The summed E-state index contributed by atoms with van der Waals surface area (Å²) in [6.07, 6.45) is 0. The molecule has 4 rings (SSSR count). The van der Waals surface area contributed by atoms with Crippen molar-refractivity contribution in [2.45, 2.75) is 20.8 Å². The fourth-order valence-electron chi connectivity index (χ4n) is 4.62. The average Bonchev–Trinajstić information content (AvgIpc) is 3.08. The van der Waals surface area contributed by atoms with Gasteiger partial charge in [-0.05, 0) is 43.7 Å². The van der Waals surface area contributed by atoms with Crippen LogP contribution >= 0.6 is 0 Å². The van der Waals surface area contributed by atoms with Crippen molar-refractivity contribution >= 4 is 23.1 Å². The Morgan fingerprint density at radius 1 is 0.879 bits per heavy atom. The van der Waals surface area contributed by atoms with E-state index in [2.05, 4.69) is 16.7 Å². The second-order valence-electron chi connectivity index (χ2n) is 8.45. The van der Waals surface area contributed by atoms with Crippen molar-refractivity contribution in [1.29, 1.82) is 0 Å². The minimum absolute atomic E-state index is 0.316. The highest BCUT2D eigenvalue weighted by molar-refractivity contribution is 6.45. The van der Waals surface area contributed by atoms with E-state index >= 15 is 0 Å². The number of ether oxygens (including phenoxy) is 2. The first kappa shape index (κ1) is 22.9. The van der Waals surface area contributed by atoms with Crippen LogP contribution in [-0.4, -0.2) is 68.6 Å². The Bertz CT molecular complexity index is 1120. The minimum atomic E-state index is -0.330. The summed E-state index contributed by atoms with van der Waals surface area (Å²) >= 11 is 0. The van der Waals surface area contributed by atoms with E-state index in [0.717, 1.165) is 36.3 Å². The van der Waals surface area contributed by atoms with Crippen LogP contribution in [0.3, 0.4) is 0 Å². The van der Waals surface area contributed by atoms with Gasteiger partial charge in [0, 0.05) is 32.2 Å². The van der Waals surface area contributed by atoms with Crippen LogP contribution in [0.15, 0.2) is 42.1 Å². The van der Waals surface area contributed by atoms with Gasteiger partial charge in [-0.25, -0.2) is 4.90 Å². The first-order valence-electron chi connectivity index (χ1n) is 11.3. The summed E-state index contributed by atoms with van der Waals surface area (Å²) in [5.74, 6) is 0.355. The number of likely N-dealkylation sites (N-methyl/N-ethyl adjacent to an activating group) is 1. The smallest absolute Gasteiger partial charge is 0.282 e. The first-order chi connectivity index (χ1) is 15.9. The summed E-state index contributed by atoms with van der Waals surface area (Å²) in [7, 11) is 3.08. The molecule has 33 heavy (non-hydrogen) atoms. The second kappa shape index (κ2) is 9.27. The van der Waals surface area contributed by atoms with Crippen molar-refractivity contribution < 1.29 is 19.1 Å². The molecule has 0 atom stereocenters. The average molecular weight is 450 g/mol. The van der Waals surface area contributed by atoms with E-state index in [1.54, 1.807) is 25.3 Å². The normalized spacial score (nSPS) is 17.2. The zero-order valence-corrected chi connectivity index (χ0v) is 20.0. The molecule has 1 fully saturated rings. The first-order valence-corrected chi connectivity index (χ1v) is 11.3. The number of piperazine rings is 1. The maximum atomic E-state index is 13.9. The molecule has 2 aromatic carbocycles. The van der Waals surface area contributed by atoms with Gasteiger partial charge >= 0.3 is 0 Å². The lowest BCUT2D eigenvalue weighted by Gasteiger charge is -2.36. The third-order valence-corrected chi connectivity index (χ3v) is 6.47. The maximum Gasteiger partial charge on any atom is 0.282 e. The van der Waals surface area contributed by atoms with Crippen LogP contribution in [0.25, 0.3) is 5.57 Å². The quantitative estimate of drug-likeness (QED) is 0.631. The van der Waals surface area contributed by atoms with Gasteiger partial charge < -0.3 is 19.3 Å². The van der Waals surface area contributed by atoms with Gasteiger partial charge in [-0.3, -0.25) is 9.59 Å². The van der Waals surface area contributed by atoms with Crippen molar-refractivity contribution in [3.8, 4) is 11.5 Å². The number of rotatable bonds is 6. The van der Waals surface area contributed by atoms with Crippen molar-refractivity contribution in [2.75, 3.05) is 51.8 Å². The number of carbonyl (C=O) groups excluding carboxylic acids is 2.